The van der Waals surface area contributed by atoms with Crippen molar-refractivity contribution in [3.05, 3.63) is 24.0 Å². The summed E-state index contributed by atoms with van der Waals surface area (Å²) in [6.45, 7) is 3.42. The molecule has 5 nitrogen and oxygen atoms in total. The highest BCUT2D eigenvalue weighted by Gasteiger charge is 2.32. The van der Waals surface area contributed by atoms with E-state index >= 15 is 0 Å². The van der Waals surface area contributed by atoms with Gasteiger partial charge in [-0.05, 0) is 18.6 Å². The predicted octanol–water partition coefficient (Wildman–Crippen LogP) is 1.35. The largest absolute Gasteiger partial charge is 0.369 e. The summed E-state index contributed by atoms with van der Waals surface area (Å²) in [7, 11) is 0. The van der Waals surface area contributed by atoms with Crippen LogP contribution in [-0.4, -0.2) is 53.5 Å². The molecule has 0 spiro atoms. The highest BCUT2D eigenvalue weighted by atomic mass is 32.2. The quantitative estimate of drug-likeness (QED) is 0.825. The molecule has 0 saturated carbocycles. The van der Waals surface area contributed by atoms with Gasteiger partial charge >= 0.3 is 0 Å². The predicted molar refractivity (Wildman–Crippen MR) is 83.2 cm³/mol. The molecule has 21 heavy (non-hydrogen) atoms. The molecular formula is C15H18N4OS. The van der Waals surface area contributed by atoms with Crippen LogP contribution >= 0.6 is 11.8 Å². The Morgan fingerprint density at radius 2 is 2.14 bits per heavy atom. The average Bonchev–Trinajstić information content (AvgIpc) is 3.05. The number of aromatic nitrogens is 1. The Morgan fingerprint density at radius 3 is 2.81 bits per heavy atom. The van der Waals surface area contributed by atoms with E-state index in [2.05, 4.69) is 9.88 Å². The van der Waals surface area contributed by atoms with E-state index in [1.165, 1.54) is 0 Å². The Labute approximate surface area is 128 Å². The van der Waals surface area contributed by atoms with Crippen molar-refractivity contribution in [3.63, 3.8) is 0 Å². The van der Waals surface area contributed by atoms with Gasteiger partial charge in [0.05, 0.1) is 17.8 Å². The molecule has 3 rings (SSSR count). The first kappa shape index (κ1) is 14.2. The fraction of sp³-hybridized carbons (Fsp3) is 0.533. The van der Waals surface area contributed by atoms with Crippen molar-refractivity contribution in [1.82, 2.24) is 9.88 Å². The second kappa shape index (κ2) is 6.35. The van der Waals surface area contributed by atoms with E-state index in [1.807, 2.05) is 28.8 Å². The number of amides is 1. The Hall–Kier alpha value is -1.74. The minimum Gasteiger partial charge on any atom is -0.369 e. The Kier molecular flexibility index (Phi) is 4.30. The Morgan fingerprint density at radius 1 is 1.33 bits per heavy atom. The van der Waals surface area contributed by atoms with Crippen molar-refractivity contribution < 1.29 is 4.79 Å². The molecule has 110 valence electrons. The number of hydrogen-bond donors (Lipinski definition) is 0. The third-order valence-corrected chi connectivity index (χ3v) is 5.03. The molecule has 0 N–H and O–H groups in total. The molecule has 0 aliphatic carbocycles. The van der Waals surface area contributed by atoms with Crippen LogP contribution in [-0.2, 0) is 4.79 Å². The molecule has 2 saturated heterocycles. The lowest BCUT2D eigenvalue weighted by atomic mass is 10.1. The molecule has 0 radical (unpaired) electrons. The molecule has 1 aromatic rings. The topological polar surface area (TPSA) is 60.2 Å². The molecule has 1 unspecified atom stereocenters. The number of carbonyl (C=O) groups is 1. The molecule has 2 aliphatic rings. The second-order valence-corrected chi connectivity index (χ2v) is 6.61. The van der Waals surface area contributed by atoms with Crippen molar-refractivity contribution >= 4 is 23.4 Å². The lowest BCUT2D eigenvalue weighted by Gasteiger charge is -2.29. The number of carbonyl (C=O) groups excluding carboxylic acids is 1. The van der Waals surface area contributed by atoms with Gasteiger partial charge in [0.1, 0.15) is 11.8 Å². The maximum atomic E-state index is 12.5. The fourth-order valence-corrected chi connectivity index (χ4v) is 3.78. The van der Waals surface area contributed by atoms with Gasteiger partial charge in [-0.3, -0.25) is 4.79 Å². The molecular weight excluding hydrogens is 284 g/mol. The van der Waals surface area contributed by atoms with E-state index in [1.54, 1.807) is 12.3 Å². The lowest BCUT2D eigenvalue weighted by Crippen LogP contribution is -2.42. The molecule has 0 bridgehead atoms. The minimum absolute atomic E-state index is 0.101. The van der Waals surface area contributed by atoms with Gasteiger partial charge in [0.2, 0.25) is 5.91 Å². The Balaban J connectivity index is 1.61. The zero-order chi connectivity index (χ0) is 14.7. The minimum atomic E-state index is 0.101. The van der Waals surface area contributed by atoms with Crippen LogP contribution in [0.25, 0.3) is 0 Å². The van der Waals surface area contributed by atoms with Gasteiger partial charge in [0.15, 0.2) is 0 Å². The summed E-state index contributed by atoms with van der Waals surface area (Å²) in [6.07, 6.45) is 2.63. The smallest absolute Gasteiger partial charge is 0.227 e. The maximum absolute atomic E-state index is 12.5. The van der Waals surface area contributed by atoms with Gasteiger partial charge in [-0.25, -0.2) is 4.98 Å². The number of hydrogen-bond acceptors (Lipinski definition) is 5. The zero-order valence-corrected chi connectivity index (χ0v) is 12.7. The summed E-state index contributed by atoms with van der Waals surface area (Å²) in [6, 6.07) is 5.66. The van der Waals surface area contributed by atoms with Crippen LogP contribution in [0.1, 0.15) is 12.1 Å². The zero-order valence-electron chi connectivity index (χ0n) is 11.9. The van der Waals surface area contributed by atoms with E-state index in [4.69, 9.17) is 5.26 Å². The molecule has 2 fully saturated rings. The van der Waals surface area contributed by atoms with Crippen LogP contribution < -0.4 is 4.90 Å². The summed E-state index contributed by atoms with van der Waals surface area (Å²) < 4.78 is 0. The lowest BCUT2D eigenvalue weighted by molar-refractivity contribution is -0.134. The molecule has 1 atom stereocenters. The first-order chi connectivity index (χ1) is 10.3. The van der Waals surface area contributed by atoms with Crippen molar-refractivity contribution in [3.8, 4) is 6.07 Å². The third-order valence-electron chi connectivity index (χ3n) is 4.09. The number of pyridine rings is 1. The number of rotatable bonds is 2. The van der Waals surface area contributed by atoms with Crippen molar-refractivity contribution in [2.24, 2.45) is 5.92 Å². The van der Waals surface area contributed by atoms with Crippen LogP contribution in [0.4, 0.5) is 5.69 Å². The van der Waals surface area contributed by atoms with Gasteiger partial charge in [0, 0.05) is 37.7 Å². The van der Waals surface area contributed by atoms with Crippen LogP contribution in [0.3, 0.4) is 0 Å². The van der Waals surface area contributed by atoms with Gasteiger partial charge in [0.25, 0.3) is 0 Å². The van der Waals surface area contributed by atoms with E-state index in [0.29, 0.717) is 11.6 Å². The fourth-order valence-electron chi connectivity index (χ4n) is 2.88. The highest BCUT2D eigenvalue weighted by molar-refractivity contribution is 7.99. The van der Waals surface area contributed by atoms with Gasteiger partial charge in [-0.1, -0.05) is 0 Å². The molecule has 1 amide bonds. The molecule has 1 aromatic heterocycles. The summed E-state index contributed by atoms with van der Waals surface area (Å²) in [5.41, 5.74) is 1.43. The van der Waals surface area contributed by atoms with Crippen LogP contribution in [0.2, 0.25) is 0 Å². The maximum Gasteiger partial charge on any atom is 0.227 e. The SMILES string of the molecule is N#Cc1ccc(N2CCC(C(=O)N3CCSCC3)C2)cn1. The number of thioether (sulfide) groups is 1. The first-order valence-corrected chi connectivity index (χ1v) is 8.41. The van der Waals surface area contributed by atoms with Gasteiger partial charge in [-0.2, -0.15) is 17.0 Å². The number of anilines is 1. The third kappa shape index (κ3) is 3.13. The van der Waals surface area contributed by atoms with Crippen LogP contribution in [0.5, 0.6) is 0 Å². The van der Waals surface area contributed by atoms with E-state index in [-0.39, 0.29) is 5.92 Å². The molecule has 2 aliphatic heterocycles. The summed E-state index contributed by atoms with van der Waals surface area (Å²) in [5.74, 6) is 2.52. The van der Waals surface area contributed by atoms with E-state index in [0.717, 1.165) is 49.8 Å². The summed E-state index contributed by atoms with van der Waals surface area (Å²) in [4.78, 5) is 20.8. The molecule has 6 heteroatoms. The summed E-state index contributed by atoms with van der Waals surface area (Å²) >= 11 is 1.92. The van der Waals surface area contributed by atoms with Crippen LogP contribution in [0.15, 0.2) is 18.3 Å². The monoisotopic (exact) mass is 302 g/mol. The highest BCUT2D eigenvalue weighted by Crippen LogP contribution is 2.25. The molecule has 0 aromatic carbocycles. The first-order valence-electron chi connectivity index (χ1n) is 7.25. The van der Waals surface area contributed by atoms with Crippen LogP contribution in [0, 0.1) is 17.2 Å². The van der Waals surface area contributed by atoms with Crippen molar-refractivity contribution in [1.29, 1.82) is 5.26 Å². The van der Waals surface area contributed by atoms with Gasteiger partial charge in [-0.15, -0.1) is 0 Å². The second-order valence-electron chi connectivity index (χ2n) is 5.38. The summed E-state index contributed by atoms with van der Waals surface area (Å²) in [5, 5.41) is 8.77. The van der Waals surface area contributed by atoms with E-state index < -0.39 is 0 Å². The standard InChI is InChI=1S/C15H18N4OS/c16-9-13-1-2-14(10-17-13)19-4-3-12(11-19)15(20)18-5-7-21-8-6-18/h1-2,10,12H,3-8,11H2. The average molecular weight is 302 g/mol. The van der Waals surface area contributed by atoms with Crippen molar-refractivity contribution in [2.75, 3.05) is 42.6 Å². The number of nitriles is 1. The van der Waals surface area contributed by atoms with Crippen molar-refractivity contribution in [2.45, 2.75) is 6.42 Å². The number of nitrogens with zero attached hydrogens (tertiary/aromatic N) is 4. The Bertz CT molecular complexity index is 548. The molecule has 3 heterocycles. The van der Waals surface area contributed by atoms with Gasteiger partial charge < -0.3 is 9.80 Å². The van der Waals surface area contributed by atoms with E-state index in [9.17, 15) is 4.79 Å². The normalized spacial score (nSPS) is 22.1.